The first-order valence-electron chi connectivity index (χ1n) is 25.6. The second-order valence-corrected chi connectivity index (χ2v) is 24.9. The summed E-state index contributed by atoms with van der Waals surface area (Å²) in [6.07, 6.45) is -6.14. The maximum absolute atomic E-state index is 14.0. The SMILES string of the molecule is CCS(=O)(=O)c1ccc([C@H](CO)NC(=O)c2cnc3c(c2)CN(CC(F)(F)F)[C@H]3Cc2cccc(CCS(=O)(=O)c3ccc([C@H](CO)NC(=O)c4cnc5c(c4)CN(C[C@H]4CC[C@@H](C(F)(F)F)CO4)[C@H]5C(C)C)cc3)c2)cc1. The van der Waals surface area contributed by atoms with Gasteiger partial charge in [-0.15, -0.1) is 0 Å². The first-order valence-corrected chi connectivity index (χ1v) is 28.9. The number of carbonyl (C=O) groups is 2. The van der Waals surface area contributed by atoms with Gasteiger partial charge in [0, 0.05) is 32.0 Å². The lowest BCUT2D eigenvalue weighted by atomic mass is 9.96. The average Bonchev–Trinajstić information content (AvgIpc) is 4.03. The molecule has 2 amide bonds. The highest BCUT2D eigenvalue weighted by Gasteiger charge is 2.44. The van der Waals surface area contributed by atoms with E-state index in [1.165, 1.54) is 78.8 Å². The van der Waals surface area contributed by atoms with Crippen molar-refractivity contribution < 1.29 is 67.7 Å². The molecule has 420 valence electrons. The minimum absolute atomic E-state index is 0.00572. The number of sulfone groups is 2. The highest BCUT2D eigenvalue weighted by Crippen LogP contribution is 2.41. The molecule has 3 aliphatic heterocycles. The van der Waals surface area contributed by atoms with Gasteiger partial charge in [-0.2, -0.15) is 26.3 Å². The van der Waals surface area contributed by atoms with Crippen molar-refractivity contribution >= 4 is 31.5 Å². The molecule has 2 aromatic heterocycles. The lowest BCUT2D eigenvalue weighted by Gasteiger charge is -2.35. The number of amides is 2. The van der Waals surface area contributed by atoms with Crippen molar-refractivity contribution in [2.75, 3.05) is 44.4 Å². The van der Waals surface area contributed by atoms with Crippen LogP contribution in [-0.4, -0.2) is 122 Å². The molecule has 0 bridgehead atoms. The van der Waals surface area contributed by atoms with Crippen molar-refractivity contribution in [1.29, 1.82) is 0 Å². The molecule has 5 heterocycles. The second-order valence-electron chi connectivity index (χ2n) is 20.5. The molecule has 0 spiro atoms. The van der Waals surface area contributed by atoms with Crippen LogP contribution in [0.25, 0.3) is 0 Å². The van der Waals surface area contributed by atoms with Crippen LogP contribution < -0.4 is 10.6 Å². The zero-order valence-electron chi connectivity index (χ0n) is 43.1. The van der Waals surface area contributed by atoms with Gasteiger partial charge in [-0.1, -0.05) is 69.3 Å². The molecule has 6 atom stereocenters. The molecular formula is C55H62F6N6O9S2. The number of alkyl halides is 6. The fourth-order valence-corrected chi connectivity index (χ4v) is 12.7. The number of fused-ring (bicyclic) bond motifs is 2. The predicted molar refractivity (Wildman–Crippen MR) is 275 cm³/mol. The fourth-order valence-electron chi connectivity index (χ4n) is 10.5. The number of carbonyl (C=O) groups excluding carboxylic acids is 2. The molecular weight excluding hydrogens is 1070 g/mol. The van der Waals surface area contributed by atoms with Crippen LogP contribution in [0.3, 0.4) is 0 Å². The van der Waals surface area contributed by atoms with E-state index in [0.717, 1.165) is 11.3 Å². The molecule has 3 aromatic carbocycles. The Labute approximate surface area is 449 Å². The number of pyridine rings is 2. The maximum Gasteiger partial charge on any atom is 0.401 e. The van der Waals surface area contributed by atoms with Gasteiger partial charge in [0.1, 0.15) is 0 Å². The Hall–Kier alpha value is -5.82. The third-order valence-corrected chi connectivity index (χ3v) is 18.2. The van der Waals surface area contributed by atoms with Crippen LogP contribution in [-0.2, 0) is 50.3 Å². The van der Waals surface area contributed by atoms with Gasteiger partial charge in [0.2, 0.25) is 0 Å². The van der Waals surface area contributed by atoms with Crippen LogP contribution >= 0.6 is 0 Å². The number of nitrogens with one attached hydrogen (secondary N) is 2. The van der Waals surface area contributed by atoms with E-state index >= 15 is 0 Å². The fraction of sp³-hybridized carbons (Fsp3) is 0.455. The predicted octanol–water partition coefficient (Wildman–Crippen LogP) is 7.75. The minimum atomic E-state index is -4.57. The molecule has 1 fully saturated rings. The molecule has 1 saturated heterocycles. The molecule has 5 aromatic rings. The van der Waals surface area contributed by atoms with Gasteiger partial charge in [0.05, 0.1) is 106 Å². The van der Waals surface area contributed by atoms with Crippen LogP contribution in [0.4, 0.5) is 26.3 Å². The second kappa shape index (κ2) is 23.9. The normalized spacial score (nSPS) is 20.1. The van der Waals surface area contributed by atoms with Gasteiger partial charge < -0.3 is 25.6 Å². The standard InChI is InChI=1S/C55H62F6N6O9S2/c1-4-77(72,73)44-14-8-36(9-15-44)46(29-68)64-52(70)38-22-40-27-67(32-54(56,57)58)48(49(40)62-24-38)21-35-7-5-6-34(20-35)18-19-78(74,75)45-16-10-37(11-17-45)47(30-69)65-53(71)39-23-41-26-66(51(33(2)3)50(41)63-25-39)28-43-13-12-42(31-76-43)55(59,60)61/h5-11,14-17,20,22-25,33,42-43,46-48,51,68-69H,4,12-13,18-19,21,26-32H2,1-3H3,(H,64,70)(H,65,71)/t42-,43-,46+,47+,48+,51+/m1/s1. The highest BCUT2D eigenvalue weighted by atomic mass is 32.2. The number of rotatable bonds is 20. The summed E-state index contributed by atoms with van der Waals surface area (Å²) in [5.74, 6) is -2.99. The summed E-state index contributed by atoms with van der Waals surface area (Å²) in [7, 11) is -7.37. The summed E-state index contributed by atoms with van der Waals surface area (Å²) < 4.78 is 139. The minimum Gasteiger partial charge on any atom is -0.394 e. The van der Waals surface area contributed by atoms with Gasteiger partial charge in [-0.05, 0) is 101 Å². The number of nitrogens with zero attached hydrogens (tertiary/aromatic N) is 4. The molecule has 78 heavy (non-hydrogen) atoms. The van der Waals surface area contributed by atoms with Crippen molar-refractivity contribution in [3.05, 3.63) is 153 Å². The maximum atomic E-state index is 14.0. The third-order valence-electron chi connectivity index (χ3n) is 14.7. The summed E-state index contributed by atoms with van der Waals surface area (Å²) >= 11 is 0. The van der Waals surface area contributed by atoms with Gasteiger partial charge in [0.15, 0.2) is 19.7 Å². The van der Waals surface area contributed by atoms with Crippen molar-refractivity contribution in [3.63, 3.8) is 0 Å². The third kappa shape index (κ3) is 13.8. The summed E-state index contributed by atoms with van der Waals surface area (Å²) in [6, 6.07) is 18.7. The van der Waals surface area contributed by atoms with Crippen LogP contribution in [0.2, 0.25) is 0 Å². The van der Waals surface area contributed by atoms with E-state index in [-0.39, 0.29) is 89.3 Å². The molecule has 4 N–H and O–H groups in total. The highest BCUT2D eigenvalue weighted by molar-refractivity contribution is 7.91. The van der Waals surface area contributed by atoms with Crippen LogP contribution in [0.1, 0.15) is 123 Å². The van der Waals surface area contributed by atoms with E-state index in [0.29, 0.717) is 46.6 Å². The van der Waals surface area contributed by atoms with Crippen molar-refractivity contribution in [3.8, 4) is 0 Å². The topological polar surface area (TPSA) is 208 Å². The van der Waals surface area contributed by atoms with Crippen molar-refractivity contribution in [2.45, 2.75) is 112 Å². The Balaban J connectivity index is 0.878. The molecule has 0 saturated carbocycles. The van der Waals surface area contributed by atoms with Crippen LogP contribution in [0.15, 0.2) is 107 Å². The summed E-state index contributed by atoms with van der Waals surface area (Å²) in [5, 5.41) is 25.9. The number of aromatic nitrogens is 2. The van der Waals surface area contributed by atoms with E-state index in [1.807, 2.05) is 13.8 Å². The number of ether oxygens (including phenoxy) is 1. The number of aliphatic hydroxyl groups is 2. The van der Waals surface area contributed by atoms with Gasteiger partial charge in [-0.3, -0.25) is 29.4 Å². The lowest BCUT2D eigenvalue weighted by Crippen LogP contribution is -2.41. The quantitative estimate of drug-likeness (QED) is 0.0551. The van der Waals surface area contributed by atoms with Crippen LogP contribution in [0, 0.1) is 11.8 Å². The van der Waals surface area contributed by atoms with E-state index in [1.54, 1.807) is 30.3 Å². The summed E-state index contributed by atoms with van der Waals surface area (Å²) in [6.45, 7) is 3.52. The zero-order chi connectivity index (χ0) is 56.3. The number of hydrogen-bond donors (Lipinski definition) is 4. The Morgan fingerprint density at radius 1 is 0.731 bits per heavy atom. The smallest absolute Gasteiger partial charge is 0.394 e. The largest absolute Gasteiger partial charge is 0.401 e. The van der Waals surface area contributed by atoms with E-state index in [4.69, 9.17) is 4.74 Å². The number of halogens is 6. The number of benzene rings is 3. The number of aryl methyl sites for hydroxylation is 1. The molecule has 3 aliphatic rings. The summed E-state index contributed by atoms with van der Waals surface area (Å²) in [4.78, 5) is 39.5. The van der Waals surface area contributed by atoms with Gasteiger partial charge >= 0.3 is 12.4 Å². The molecule has 15 nitrogen and oxygen atoms in total. The molecule has 0 aliphatic carbocycles. The molecule has 23 heteroatoms. The average molecular weight is 1130 g/mol. The summed E-state index contributed by atoms with van der Waals surface area (Å²) in [5.41, 5.74) is 4.68. The first-order chi connectivity index (χ1) is 36.9. The Morgan fingerprint density at radius 3 is 1.78 bits per heavy atom. The van der Waals surface area contributed by atoms with E-state index in [2.05, 4.69) is 25.5 Å². The van der Waals surface area contributed by atoms with Crippen LogP contribution in [0.5, 0.6) is 0 Å². The lowest BCUT2D eigenvalue weighted by molar-refractivity contribution is -0.209. The zero-order valence-corrected chi connectivity index (χ0v) is 44.7. The number of aliphatic hydroxyl groups excluding tert-OH is 2. The first kappa shape index (κ1) is 58.3. The monoisotopic (exact) mass is 1130 g/mol. The number of hydrogen-bond acceptors (Lipinski definition) is 13. The Bertz CT molecular complexity index is 3180. The molecule has 0 radical (unpaired) electrons. The molecule has 8 rings (SSSR count). The Kier molecular flexibility index (Phi) is 17.9. The van der Waals surface area contributed by atoms with Crippen molar-refractivity contribution in [1.82, 2.24) is 30.4 Å². The van der Waals surface area contributed by atoms with Crippen molar-refractivity contribution in [2.24, 2.45) is 11.8 Å². The van der Waals surface area contributed by atoms with E-state index < -0.39 is 87.6 Å². The van der Waals surface area contributed by atoms with E-state index in [9.17, 15) is 63.0 Å². The molecule has 0 unspecified atom stereocenters. The van der Waals surface area contributed by atoms with Gasteiger partial charge in [0.25, 0.3) is 11.8 Å². The van der Waals surface area contributed by atoms with Gasteiger partial charge in [-0.25, -0.2) is 16.8 Å². The Morgan fingerprint density at radius 2 is 1.27 bits per heavy atom.